The number of nitrogens with one attached hydrogen (secondary N) is 1. The van der Waals surface area contributed by atoms with Crippen LogP contribution in [-0.2, 0) is 14.8 Å². The number of hydrogen-bond acceptors (Lipinski definition) is 6. The van der Waals surface area contributed by atoms with Crippen LogP contribution in [0.5, 0.6) is 11.5 Å². The van der Waals surface area contributed by atoms with Crippen molar-refractivity contribution in [2.24, 2.45) is 0 Å². The van der Waals surface area contributed by atoms with Gasteiger partial charge >= 0.3 is 0 Å². The molecule has 9 heteroatoms. The van der Waals surface area contributed by atoms with Crippen LogP contribution in [0.3, 0.4) is 0 Å². The lowest BCUT2D eigenvalue weighted by Gasteiger charge is -2.24. The molecule has 1 N–H and O–H groups in total. The summed E-state index contributed by atoms with van der Waals surface area (Å²) in [6.07, 6.45) is 0.770. The van der Waals surface area contributed by atoms with Gasteiger partial charge < -0.3 is 19.7 Å². The molecule has 2 aromatic carbocycles. The molecule has 0 saturated heterocycles. The van der Waals surface area contributed by atoms with Crippen LogP contribution in [0.4, 0.5) is 5.69 Å². The van der Waals surface area contributed by atoms with Crippen molar-refractivity contribution in [2.45, 2.75) is 11.3 Å². The van der Waals surface area contributed by atoms with Gasteiger partial charge in [0.05, 0.1) is 24.8 Å². The molecule has 0 fully saturated rings. The molecule has 0 saturated carbocycles. The summed E-state index contributed by atoms with van der Waals surface area (Å²) in [5.41, 5.74) is 0.399. The van der Waals surface area contributed by atoms with Gasteiger partial charge in [-0.3, -0.25) is 9.10 Å². The van der Waals surface area contributed by atoms with Gasteiger partial charge in [0.25, 0.3) is 10.0 Å². The van der Waals surface area contributed by atoms with Crippen molar-refractivity contribution in [3.8, 4) is 11.5 Å². The van der Waals surface area contributed by atoms with E-state index in [1.807, 2.05) is 19.0 Å². The van der Waals surface area contributed by atoms with E-state index >= 15 is 0 Å². The summed E-state index contributed by atoms with van der Waals surface area (Å²) < 4.78 is 38.3. The van der Waals surface area contributed by atoms with Crippen LogP contribution >= 0.6 is 0 Å². The van der Waals surface area contributed by atoms with Crippen LogP contribution in [0.1, 0.15) is 6.42 Å². The predicted molar refractivity (Wildman–Crippen MR) is 117 cm³/mol. The Morgan fingerprint density at radius 2 is 1.67 bits per heavy atom. The SMILES string of the molecule is COc1ccc(S(=O)(=O)N(CC(=O)NCCCN(C)C)c2ccccc2)cc1OC. The summed E-state index contributed by atoms with van der Waals surface area (Å²) in [5.74, 6) is 0.336. The molecular weight excluding hydrogens is 406 g/mol. The lowest BCUT2D eigenvalue weighted by molar-refractivity contribution is -0.119. The molecule has 0 aromatic heterocycles. The summed E-state index contributed by atoms with van der Waals surface area (Å²) in [6.45, 7) is 0.964. The number of amides is 1. The maximum absolute atomic E-state index is 13.4. The maximum atomic E-state index is 13.4. The van der Waals surface area contributed by atoms with Gasteiger partial charge in [-0.25, -0.2) is 8.42 Å². The van der Waals surface area contributed by atoms with Gasteiger partial charge in [-0.2, -0.15) is 0 Å². The molecule has 0 aliphatic heterocycles. The van der Waals surface area contributed by atoms with Crippen molar-refractivity contribution in [3.63, 3.8) is 0 Å². The van der Waals surface area contributed by atoms with E-state index in [-0.39, 0.29) is 17.3 Å². The third-order valence-electron chi connectivity index (χ3n) is 4.38. The molecule has 0 spiro atoms. The fourth-order valence-corrected chi connectivity index (χ4v) is 4.26. The van der Waals surface area contributed by atoms with Crippen molar-refractivity contribution < 1.29 is 22.7 Å². The van der Waals surface area contributed by atoms with Gasteiger partial charge in [0.15, 0.2) is 11.5 Å². The summed E-state index contributed by atoms with van der Waals surface area (Å²) in [7, 11) is 2.79. The first-order valence-corrected chi connectivity index (χ1v) is 10.9. The third kappa shape index (κ3) is 6.11. The van der Waals surface area contributed by atoms with Crippen LogP contribution in [0.25, 0.3) is 0 Å². The number of carbonyl (C=O) groups excluding carboxylic acids is 1. The van der Waals surface area contributed by atoms with Crippen molar-refractivity contribution in [1.29, 1.82) is 0 Å². The highest BCUT2D eigenvalue weighted by Crippen LogP contribution is 2.32. The Hall–Kier alpha value is -2.78. The second kappa shape index (κ2) is 10.8. The second-order valence-electron chi connectivity index (χ2n) is 6.87. The first-order chi connectivity index (χ1) is 14.3. The summed E-state index contributed by atoms with van der Waals surface area (Å²) in [4.78, 5) is 14.5. The zero-order valence-corrected chi connectivity index (χ0v) is 18.6. The smallest absolute Gasteiger partial charge is 0.264 e. The number of sulfonamides is 1. The number of methoxy groups -OCH3 is 2. The quantitative estimate of drug-likeness (QED) is 0.543. The minimum absolute atomic E-state index is 0.00408. The number of ether oxygens (including phenoxy) is 2. The van der Waals surface area contributed by atoms with E-state index in [0.717, 1.165) is 17.3 Å². The molecule has 0 aliphatic carbocycles. The van der Waals surface area contributed by atoms with Gasteiger partial charge in [-0.15, -0.1) is 0 Å². The molecule has 0 unspecified atom stereocenters. The van der Waals surface area contributed by atoms with Gasteiger partial charge in [0, 0.05) is 12.6 Å². The second-order valence-corrected chi connectivity index (χ2v) is 8.73. The molecule has 0 aliphatic rings. The number of rotatable bonds is 11. The van der Waals surface area contributed by atoms with E-state index in [9.17, 15) is 13.2 Å². The van der Waals surface area contributed by atoms with E-state index in [4.69, 9.17) is 9.47 Å². The molecule has 2 aromatic rings. The molecule has 0 radical (unpaired) electrons. The lowest BCUT2D eigenvalue weighted by atomic mass is 10.3. The number of hydrogen-bond donors (Lipinski definition) is 1. The van der Waals surface area contributed by atoms with Crippen molar-refractivity contribution >= 4 is 21.6 Å². The van der Waals surface area contributed by atoms with Crippen LogP contribution in [-0.4, -0.2) is 67.2 Å². The largest absolute Gasteiger partial charge is 0.493 e. The van der Waals surface area contributed by atoms with Crippen LogP contribution < -0.4 is 19.1 Å². The number of anilines is 1. The number of para-hydroxylation sites is 1. The van der Waals surface area contributed by atoms with E-state index in [0.29, 0.717) is 23.7 Å². The number of benzene rings is 2. The summed E-state index contributed by atoms with van der Waals surface area (Å²) in [6, 6.07) is 12.9. The Kier molecular flexibility index (Phi) is 8.49. The van der Waals surface area contributed by atoms with Crippen LogP contribution in [0.15, 0.2) is 53.4 Å². The topological polar surface area (TPSA) is 88.2 Å². The minimum atomic E-state index is -4.02. The molecule has 164 valence electrons. The summed E-state index contributed by atoms with van der Waals surface area (Å²) in [5, 5.41) is 2.79. The van der Waals surface area contributed by atoms with Crippen molar-refractivity contribution in [2.75, 3.05) is 52.3 Å². The van der Waals surface area contributed by atoms with Crippen molar-refractivity contribution in [3.05, 3.63) is 48.5 Å². The fraction of sp³-hybridized carbons (Fsp3) is 0.381. The van der Waals surface area contributed by atoms with E-state index in [2.05, 4.69) is 5.32 Å². The molecule has 0 bridgehead atoms. The highest BCUT2D eigenvalue weighted by atomic mass is 32.2. The lowest BCUT2D eigenvalue weighted by Crippen LogP contribution is -2.41. The highest BCUT2D eigenvalue weighted by Gasteiger charge is 2.28. The average Bonchev–Trinajstić information content (AvgIpc) is 2.74. The first kappa shape index (κ1) is 23.5. The zero-order chi connectivity index (χ0) is 22.1. The molecule has 2 rings (SSSR count). The highest BCUT2D eigenvalue weighted by molar-refractivity contribution is 7.92. The Morgan fingerprint density at radius 1 is 1.00 bits per heavy atom. The van der Waals surface area contributed by atoms with Gasteiger partial charge in [0.2, 0.25) is 5.91 Å². The van der Waals surface area contributed by atoms with Crippen molar-refractivity contribution in [1.82, 2.24) is 10.2 Å². The van der Waals surface area contributed by atoms with Crippen LogP contribution in [0, 0.1) is 0 Å². The Balaban J connectivity index is 2.29. The average molecular weight is 436 g/mol. The van der Waals surface area contributed by atoms with E-state index < -0.39 is 10.0 Å². The Labute approximate surface area is 178 Å². The van der Waals surface area contributed by atoms with Gasteiger partial charge in [-0.1, -0.05) is 18.2 Å². The molecular formula is C21H29N3O5S. The van der Waals surface area contributed by atoms with Crippen LogP contribution in [0.2, 0.25) is 0 Å². The molecule has 8 nitrogen and oxygen atoms in total. The summed E-state index contributed by atoms with van der Waals surface area (Å²) >= 11 is 0. The molecule has 30 heavy (non-hydrogen) atoms. The Morgan fingerprint density at radius 3 is 2.27 bits per heavy atom. The predicted octanol–water partition coefficient (Wildman–Crippen LogP) is 1.97. The standard InChI is InChI=1S/C21H29N3O5S/c1-23(2)14-8-13-22-21(25)16-24(17-9-6-5-7-10-17)30(26,27)18-11-12-19(28-3)20(15-18)29-4/h5-7,9-12,15H,8,13-14,16H2,1-4H3,(H,22,25). The third-order valence-corrected chi connectivity index (χ3v) is 6.15. The van der Waals surface area contributed by atoms with E-state index in [1.165, 1.54) is 32.4 Å². The van der Waals surface area contributed by atoms with Gasteiger partial charge in [0.1, 0.15) is 6.54 Å². The molecule has 0 heterocycles. The maximum Gasteiger partial charge on any atom is 0.264 e. The van der Waals surface area contributed by atoms with Gasteiger partial charge in [-0.05, 0) is 51.3 Å². The molecule has 1 amide bonds. The normalized spacial score (nSPS) is 11.2. The zero-order valence-electron chi connectivity index (χ0n) is 17.8. The first-order valence-electron chi connectivity index (χ1n) is 9.51. The monoisotopic (exact) mass is 435 g/mol. The number of nitrogens with zero attached hydrogens (tertiary/aromatic N) is 2. The fourth-order valence-electron chi connectivity index (χ4n) is 2.82. The Bertz CT molecular complexity index is 933. The minimum Gasteiger partial charge on any atom is -0.493 e. The molecule has 0 atom stereocenters. The number of carbonyl (C=O) groups is 1. The van der Waals surface area contributed by atoms with E-state index in [1.54, 1.807) is 30.3 Å².